The van der Waals surface area contributed by atoms with Gasteiger partial charge >= 0.3 is 6.03 Å². The van der Waals surface area contributed by atoms with Crippen LogP contribution in [0.2, 0.25) is 0 Å². The van der Waals surface area contributed by atoms with Gasteiger partial charge in [0.15, 0.2) is 0 Å². The van der Waals surface area contributed by atoms with Crippen molar-refractivity contribution < 1.29 is 9.53 Å². The maximum atomic E-state index is 12.4. The molecular formula is C19H26N4O2. The molecule has 0 unspecified atom stereocenters. The fourth-order valence-corrected chi connectivity index (χ4v) is 3.10. The molecule has 1 aromatic heterocycles. The molecule has 1 aromatic carbocycles. The van der Waals surface area contributed by atoms with E-state index in [1.54, 1.807) is 18.1 Å². The van der Waals surface area contributed by atoms with Crippen LogP contribution in [0.4, 0.5) is 4.79 Å². The minimum atomic E-state index is -0.100. The first-order chi connectivity index (χ1) is 12.0. The summed E-state index contributed by atoms with van der Waals surface area (Å²) in [6.07, 6.45) is 4.47. The van der Waals surface area contributed by atoms with Gasteiger partial charge in [0.2, 0.25) is 0 Å². The highest BCUT2D eigenvalue weighted by Gasteiger charge is 2.25. The van der Waals surface area contributed by atoms with Crippen LogP contribution in [0.3, 0.4) is 0 Å². The van der Waals surface area contributed by atoms with E-state index in [4.69, 9.17) is 4.74 Å². The van der Waals surface area contributed by atoms with Gasteiger partial charge in [-0.25, -0.2) is 9.78 Å². The Balaban J connectivity index is 1.48. The third kappa shape index (κ3) is 4.32. The quantitative estimate of drug-likeness (QED) is 0.878. The number of para-hydroxylation sites is 1. The summed E-state index contributed by atoms with van der Waals surface area (Å²) in [4.78, 5) is 18.2. The molecule has 25 heavy (non-hydrogen) atoms. The molecule has 1 aliphatic heterocycles. The number of amides is 2. The van der Waals surface area contributed by atoms with Crippen LogP contribution in [0, 0.1) is 5.92 Å². The van der Waals surface area contributed by atoms with E-state index in [9.17, 15) is 4.79 Å². The number of carbonyl (C=O) groups excluding carboxylic acids is 1. The van der Waals surface area contributed by atoms with Crippen LogP contribution in [0.5, 0.6) is 5.75 Å². The molecule has 0 radical (unpaired) electrons. The lowest BCUT2D eigenvalue weighted by atomic mass is 10.1. The number of carbonyl (C=O) groups is 1. The zero-order valence-electron chi connectivity index (χ0n) is 15.1. The molecule has 6 nitrogen and oxygen atoms in total. The topological polar surface area (TPSA) is 59.4 Å². The average molecular weight is 342 g/mol. The Morgan fingerprint density at radius 1 is 1.44 bits per heavy atom. The van der Waals surface area contributed by atoms with Gasteiger partial charge in [-0.2, -0.15) is 0 Å². The Bertz CT molecular complexity index is 701. The highest BCUT2D eigenvalue weighted by atomic mass is 16.5. The van der Waals surface area contributed by atoms with Crippen molar-refractivity contribution in [2.45, 2.75) is 39.5 Å². The number of fused-ring (bicyclic) bond motifs is 1. The molecule has 0 bridgehead atoms. The molecule has 3 rings (SSSR count). The van der Waals surface area contributed by atoms with E-state index in [0.29, 0.717) is 19.0 Å². The number of hydrogen-bond acceptors (Lipinski definition) is 3. The molecule has 1 N–H and O–H groups in total. The summed E-state index contributed by atoms with van der Waals surface area (Å²) in [6, 6.07) is 7.94. The molecule has 0 aliphatic carbocycles. The number of ether oxygens (including phenoxy) is 1. The molecule has 0 saturated carbocycles. The Hall–Kier alpha value is -2.50. The number of nitrogens with zero attached hydrogens (tertiary/aromatic N) is 3. The summed E-state index contributed by atoms with van der Waals surface area (Å²) in [7, 11) is 1.80. The van der Waals surface area contributed by atoms with Crippen LogP contribution in [0.1, 0.15) is 25.1 Å². The van der Waals surface area contributed by atoms with Gasteiger partial charge in [0.05, 0.1) is 25.1 Å². The summed E-state index contributed by atoms with van der Waals surface area (Å²) in [5.41, 5.74) is 2.22. The van der Waals surface area contributed by atoms with Crippen LogP contribution in [0.25, 0.3) is 0 Å². The Morgan fingerprint density at radius 3 is 3.00 bits per heavy atom. The normalized spacial score (nSPS) is 15.8. The Morgan fingerprint density at radius 2 is 2.24 bits per heavy atom. The summed E-state index contributed by atoms with van der Waals surface area (Å²) >= 11 is 0. The molecule has 2 amide bonds. The number of rotatable bonds is 6. The first-order valence-corrected chi connectivity index (χ1v) is 8.75. The highest BCUT2D eigenvalue weighted by Crippen LogP contribution is 2.28. The van der Waals surface area contributed by atoms with Gasteiger partial charge in [-0.3, -0.25) is 0 Å². The fourth-order valence-electron chi connectivity index (χ4n) is 3.10. The second-order valence-corrected chi connectivity index (χ2v) is 7.02. The van der Waals surface area contributed by atoms with E-state index < -0.39 is 0 Å². The molecule has 0 spiro atoms. The van der Waals surface area contributed by atoms with E-state index >= 15 is 0 Å². The average Bonchev–Trinajstić information content (AvgIpc) is 3.17. The van der Waals surface area contributed by atoms with Gasteiger partial charge in [-0.05, 0) is 17.5 Å². The molecule has 0 fully saturated rings. The molecule has 2 heterocycles. The van der Waals surface area contributed by atoms with Crippen molar-refractivity contribution in [3.8, 4) is 5.75 Å². The molecule has 1 aliphatic rings. The van der Waals surface area contributed by atoms with Crippen molar-refractivity contribution in [1.29, 1.82) is 0 Å². The van der Waals surface area contributed by atoms with Crippen LogP contribution in [-0.4, -0.2) is 40.2 Å². The Labute approximate surface area is 148 Å². The van der Waals surface area contributed by atoms with E-state index in [1.807, 2.05) is 24.5 Å². The predicted octanol–water partition coefficient (Wildman–Crippen LogP) is 2.68. The molecule has 6 heteroatoms. The second kappa shape index (κ2) is 7.59. The summed E-state index contributed by atoms with van der Waals surface area (Å²) in [5.74, 6) is 1.46. The van der Waals surface area contributed by atoms with E-state index in [-0.39, 0.29) is 12.1 Å². The monoisotopic (exact) mass is 342 g/mol. The first kappa shape index (κ1) is 17.3. The fraction of sp³-hybridized carbons (Fsp3) is 0.474. The SMILES string of the molecule is CC(C)Cn1cncc1CNC(=O)N(C)C[C@H]1Cc2ccccc2O1. The third-order valence-electron chi connectivity index (χ3n) is 4.32. The summed E-state index contributed by atoms with van der Waals surface area (Å²) < 4.78 is 7.99. The minimum Gasteiger partial charge on any atom is -0.488 e. The van der Waals surface area contributed by atoms with Crippen LogP contribution in [-0.2, 0) is 19.5 Å². The number of hydrogen-bond donors (Lipinski definition) is 1. The lowest BCUT2D eigenvalue weighted by Crippen LogP contribution is -2.42. The van der Waals surface area contributed by atoms with Gasteiger partial charge in [-0.1, -0.05) is 32.0 Å². The van der Waals surface area contributed by atoms with Crippen LogP contribution in [0.15, 0.2) is 36.8 Å². The molecular weight excluding hydrogens is 316 g/mol. The maximum Gasteiger partial charge on any atom is 0.317 e. The third-order valence-corrected chi connectivity index (χ3v) is 4.32. The Kier molecular flexibility index (Phi) is 5.26. The zero-order chi connectivity index (χ0) is 17.8. The zero-order valence-corrected chi connectivity index (χ0v) is 15.1. The van der Waals surface area contributed by atoms with Crippen molar-refractivity contribution in [2.75, 3.05) is 13.6 Å². The number of likely N-dealkylation sites (N-methyl/N-ethyl adjacent to an activating group) is 1. The van der Waals surface area contributed by atoms with E-state index in [0.717, 1.165) is 24.4 Å². The van der Waals surface area contributed by atoms with Crippen molar-refractivity contribution in [1.82, 2.24) is 19.8 Å². The number of aromatic nitrogens is 2. The molecule has 0 saturated heterocycles. The van der Waals surface area contributed by atoms with E-state index in [1.165, 1.54) is 5.56 Å². The summed E-state index contributed by atoms with van der Waals surface area (Å²) in [5, 5.41) is 2.96. The van der Waals surface area contributed by atoms with Gasteiger partial charge in [0.25, 0.3) is 0 Å². The van der Waals surface area contributed by atoms with Crippen molar-refractivity contribution >= 4 is 6.03 Å². The van der Waals surface area contributed by atoms with Crippen LogP contribution < -0.4 is 10.1 Å². The van der Waals surface area contributed by atoms with Gasteiger partial charge in [0.1, 0.15) is 11.9 Å². The largest absolute Gasteiger partial charge is 0.488 e. The highest BCUT2D eigenvalue weighted by molar-refractivity contribution is 5.73. The molecule has 1 atom stereocenters. The van der Waals surface area contributed by atoms with Crippen LogP contribution >= 0.6 is 0 Å². The number of benzene rings is 1. The number of urea groups is 1. The molecule has 134 valence electrons. The van der Waals surface area contributed by atoms with Crippen molar-refractivity contribution in [3.05, 3.63) is 48.0 Å². The lowest BCUT2D eigenvalue weighted by Gasteiger charge is -2.21. The van der Waals surface area contributed by atoms with Gasteiger partial charge in [0, 0.05) is 26.2 Å². The van der Waals surface area contributed by atoms with Crippen molar-refractivity contribution in [3.63, 3.8) is 0 Å². The van der Waals surface area contributed by atoms with Gasteiger partial charge < -0.3 is 19.5 Å². The number of nitrogens with one attached hydrogen (secondary N) is 1. The molecule has 2 aromatic rings. The second-order valence-electron chi connectivity index (χ2n) is 7.02. The minimum absolute atomic E-state index is 0.0135. The summed E-state index contributed by atoms with van der Waals surface area (Å²) in [6.45, 7) is 6.26. The van der Waals surface area contributed by atoms with Crippen molar-refractivity contribution in [2.24, 2.45) is 5.92 Å². The maximum absolute atomic E-state index is 12.4. The predicted molar refractivity (Wildman–Crippen MR) is 96.5 cm³/mol. The number of imidazole rings is 1. The standard InChI is InChI=1S/C19H26N4O2/c1-14(2)11-23-13-20-9-16(23)10-21-19(24)22(3)12-17-8-15-6-4-5-7-18(15)25-17/h4-7,9,13-14,17H,8,10-12H2,1-3H3,(H,21,24)/t17-/m1/s1. The first-order valence-electron chi connectivity index (χ1n) is 8.75. The smallest absolute Gasteiger partial charge is 0.317 e. The lowest BCUT2D eigenvalue weighted by molar-refractivity contribution is 0.164. The van der Waals surface area contributed by atoms with E-state index in [2.05, 4.69) is 34.8 Å². The van der Waals surface area contributed by atoms with Gasteiger partial charge in [-0.15, -0.1) is 0 Å².